The smallest absolute Gasteiger partial charge is 0.172 e. The van der Waals surface area contributed by atoms with Crippen molar-refractivity contribution in [2.24, 2.45) is 0 Å². The van der Waals surface area contributed by atoms with Crippen LogP contribution in [0.15, 0.2) is 0 Å². The Kier molecular flexibility index (Phi) is 5.79. The van der Waals surface area contributed by atoms with Crippen LogP contribution in [0.25, 0.3) is 0 Å². The summed E-state index contributed by atoms with van der Waals surface area (Å²) in [7, 11) is -1.71. The van der Waals surface area contributed by atoms with Crippen LogP contribution in [-0.4, -0.2) is 18.9 Å². The van der Waals surface area contributed by atoms with Crippen LogP contribution in [-0.2, 0) is 0 Å². The molecule has 0 fully saturated rings. The van der Waals surface area contributed by atoms with Crippen molar-refractivity contribution in [2.75, 3.05) is 0 Å². The van der Waals surface area contributed by atoms with Crippen molar-refractivity contribution in [3.63, 3.8) is 0 Å². The second-order valence-corrected chi connectivity index (χ2v) is 37.7. The van der Waals surface area contributed by atoms with Crippen LogP contribution in [0.3, 0.4) is 0 Å². The third kappa shape index (κ3) is 3.56. The number of halogens is 6. The zero-order valence-electron chi connectivity index (χ0n) is 5.55. The molecule has 0 amide bonds. The Morgan fingerprint density at radius 2 is 1.45 bits per heavy atom. The highest BCUT2D eigenvalue weighted by Crippen LogP contribution is 2.40. The summed E-state index contributed by atoms with van der Waals surface area (Å²) < 4.78 is 0. The molecule has 0 spiro atoms. The summed E-state index contributed by atoms with van der Waals surface area (Å²) in [6.07, 6.45) is 0. The fourth-order valence-corrected chi connectivity index (χ4v) is 31.3. The van der Waals surface area contributed by atoms with Crippen molar-refractivity contribution < 1.29 is 0 Å². The van der Waals surface area contributed by atoms with E-state index in [0.717, 1.165) is 6.04 Å². The van der Waals surface area contributed by atoms with Crippen molar-refractivity contribution in [3.05, 3.63) is 0 Å². The normalized spacial score (nSPS) is 16.6. The van der Waals surface area contributed by atoms with Gasteiger partial charge >= 0.3 is 5.52 Å². The molecule has 0 N–H and O–H groups in total. The van der Waals surface area contributed by atoms with Crippen LogP contribution >= 0.6 is 66.5 Å². The molecule has 0 heterocycles. The van der Waals surface area contributed by atoms with E-state index >= 15 is 0 Å². The van der Waals surface area contributed by atoms with E-state index in [0.29, 0.717) is 0 Å². The fourth-order valence-electron chi connectivity index (χ4n) is 0.434. The van der Waals surface area contributed by atoms with Crippen LogP contribution in [0.2, 0.25) is 6.04 Å². The van der Waals surface area contributed by atoms with E-state index in [9.17, 15) is 0 Å². The predicted octanol–water partition coefficient (Wildman–Crippen LogP) is 3.70. The van der Waals surface area contributed by atoms with Gasteiger partial charge in [0.2, 0.25) is 0 Å². The summed E-state index contributed by atoms with van der Waals surface area (Å²) in [5.41, 5.74) is -5.68. The molecule has 0 aliphatic heterocycles. The Bertz CT molecular complexity index is 130. The van der Waals surface area contributed by atoms with Gasteiger partial charge in [-0.2, -0.15) is 11.1 Å². The van der Waals surface area contributed by atoms with Crippen molar-refractivity contribution in [1.82, 2.24) is 0 Å². The Balaban J connectivity index is 4.45. The topological polar surface area (TPSA) is 0 Å². The Morgan fingerprint density at radius 3 is 1.55 bits per heavy atom. The van der Waals surface area contributed by atoms with Gasteiger partial charge in [0.15, 0.2) is 7.62 Å². The summed E-state index contributed by atoms with van der Waals surface area (Å²) in [5, 5.41) is 0. The summed E-state index contributed by atoms with van der Waals surface area (Å²) in [6.45, 7) is 1.92. The highest BCUT2D eigenvalue weighted by atomic mass is 35.9. The Hall–Kier alpha value is 2.39. The minimum atomic E-state index is -2.95. The number of hydrogen-bond donors (Lipinski definition) is 0. The molecule has 0 bridgehead atoms. The molecule has 68 valence electrons. The van der Waals surface area contributed by atoms with E-state index in [2.05, 4.69) is 0 Å². The molecule has 0 aromatic carbocycles. The van der Waals surface area contributed by atoms with Gasteiger partial charge in [-0.3, -0.25) is 0 Å². The molecule has 0 aliphatic rings. The van der Waals surface area contributed by atoms with Crippen molar-refractivity contribution in [2.45, 2.75) is 13.0 Å². The molecule has 0 aromatic heterocycles. The first-order valence-corrected chi connectivity index (χ1v) is 17.2. The van der Waals surface area contributed by atoms with E-state index in [1.54, 1.807) is 0 Å². The molecule has 1 atom stereocenters. The maximum atomic E-state index is 5.96. The van der Waals surface area contributed by atoms with Gasteiger partial charge in [-0.25, -0.2) is 0 Å². The second kappa shape index (κ2) is 4.75. The quantitative estimate of drug-likeness (QED) is 0.548. The van der Waals surface area contributed by atoms with E-state index in [1.165, 1.54) is 0 Å². The lowest BCUT2D eigenvalue weighted by atomic mass is 11.0. The summed E-state index contributed by atoms with van der Waals surface area (Å²) in [4.78, 5) is 0. The fraction of sp³-hybridized carbons (Fsp3) is 1.00. The third-order valence-corrected chi connectivity index (χ3v) is 51.9. The molecule has 9 heteroatoms. The van der Waals surface area contributed by atoms with Gasteiger partial charge < -0.3 is 0 Å². The van der Waals surface area contributed by atoms with Crippen molar-refractivity contribution >= 4 is 85.3 Å². The van der Waals surface area contributed by atoms with Gasteiger partial charge in [-0.15, -0.1) is 55.4 Å². The highest BCUT2D eigenvalue weighted by molar-refractivity contribution is 8.14. The third-order valence-electron chi connectivity index (χ3n) is 1.13. The van der Waals surface area contributed by atoms with Gasteiger partial charge in [-0.1, -0.05) is 6.92 Å². The van der Waals surface area contributed by atoms with Crippen LogP contribution in [0.5, 0.6) is 0 Å². The molecule has 11 heavy (non-hydrogen) atoms. The Labute approximate surface area is 97.5 Å². The predicted molar refractivity (Wildman–Crippen MR) is 64.3 cm³/mol. The van der Waals surface area contributed by atoms with E-state index in [4.69, 9.17) is 66.5 Å². The maximum Gasteiger partial charge on any atom is 0.356 e. The first-order chi connectivity index (χ1) is 4.73. The first kappa shape index (κ1) is 13.4. The zero-order valence-corrected chi connectivity index (χ0v) is 13.2. The largest absolute Gasteiger partial charge is 0.356 e. The van der Waals surface area contributed by atoms with Crippen LogP contribution < -0.4 is 0 Å². The summed E-state index contributed by atoms with van der Waals surface area (Å²) in [5.74, 6) is 0. The van der Waals surface area contributed by atoms with E-state index in [1.807, 2.05) is 6.92 Å². The van der Waals surface area contributed by atoms with E-state index in [-0.39, 0.29) is 0 Å². The maximum absolute atomic E-state index is 5.96. The molecule has 0 aliphatic carbocycles. The average Bonchev–Trinajstić information content (AvgIpc) is 1.83. The number of rotatable bonds is 3. The monoisotopic (exact) mass is 324 g/mol. The standard InChI is InChI=1S/C2H6Cl6Si3/c1-2-9(3)11(7,8)10(4,5)6/h9H,2H2,1H3. The minimum Gasteiger partial charge on any atom is -0.172 e. The van der Waals surface area contributed by atoms with Crippen LogP contribution in [0.4, 0.5) is 0 Å². The molecule has 0 nitrogen and oxygen atoms in total. The SMILES string of the molecule is CC[SiH](Cl)[Si](Cl)(Cl)[Si](Cl)(Cl)Cl. The van der Waals surface area contributed by atoms with Gasteiger partial charge in [0, 0.05) is 0 Å². The van der Waals surface area contributed by atoms with Crippen LogP contribution in [0.1, 0.15) is 6.92 Å². The molecule has 0 radical (unpaired) electrons. The molecule has 0 saturated carbocycles. The van der Waals surface area contributed by atoms with Crippen molar-refractivity contribution in [3.8, 4) is 0 Å². The zero-order chi connectivity index (χ0) is 9.28. The van der Waals surface area contributed by atoms with Gasteiger partial charge in [-0.05, 0) is 6.04 Å². The summed E-state index contributed by atoms with van der Waals surface area (Å²) in [6, 6.07) is 0.766. The van der Waals surface area contributed by atoms with E-state index < -0.39 is 18.9 Å². The molecular formula is C2H6Cl6Si3. The lowest BCUT2D eigenvalue weighted by Gasteiger charge is -2.24. The first-order valence-electron chi connectivity index (χ1n) is 2.82. The molecule has 1 unspecified atom stereocenters. The second-order valence-electron chi connectivity index (χ2n) is 2.00. The highest BCUT2D eigenvalue weighted by Gasteiger charge is 2.57. The number of hydrogen-bond acceptors (Lipinski definition) is 0. The average molecular weight is 327 g/mol. The van der Waals surface area contributed by atoms with Crippen molar-refractivity contribution in [1.29, 1.82) is 0 Å². The summed E-state index contributed by atoms with van der Waals surface area (Å²) >= 11 is 35.0. The van der Waals surface area contributed by atoms with Gasteiger partial charge in [0.25, 0.3) is 5.73 Å². The molecular weight excluding hydrogens is 321 g/mol. The minimum absolute atomic E-state index is 0.766. The van der Waals surface area contributed by atoms with Gasteiger partial charge in [0.1, 0.15) is 0 Å². The van der Waals surface area contributed by atoms with Gasteiger partial charge in [0.05, 0.1) is 0 Å². The molecule has 0 aromatic rings. The van der Waals surface area contributed by atoms with Crippen LogP contribution in [0, 0.1) is 0 Å². The molecule has 0 rings (SSSR count). The Morgan fingerprint density at radius 1 is 1.09 bits per heavy atom. The lowest BCUT2D eigenvalue weighted by molar-refractivity contribution is 1.47. The lowest BCUT2D eigenvalue weighted by Crippen LogP contribution is -2.53. The molecule has 0 saturated heterocycles.